The van der Waals surface area contributed by atoms with Gasteiger partial charge in [-0.3, -0.25) is 9.90 Å². The second-order valence-electron chi connectivity index (χ2n) is 3.58. The van der Waals surface area contributed by atoms with E-state index in [1.54, 1.807) is 7.11 Å². The molecule has 0 amide bonds. The second kappa shape index (κ2) is 3.38. The number of benzene rings is 1. The Morgan fingerprint density at radius 1 is 1.23 bits per heavy atom. The van der Waals surface area contributed by atoms with Gasteiger partial charge in [0.1, 0.15) is 0 Å². The van der Waals surface area contributed by atoms with Crippen molar-refractivity contribution in [2.75, 3.05) is 12.2 Å². The molecular weight excluding hydrogens is 162 g/mol. The first-order valence-corrected chi connectivity index (χ1v) is 4.71. The van der Waals surface area contributed by atoms with Crippen molar-refractivity contribution in [1.29, 1.82) is 0 Å². The molecule has 2 rings (SSSR count). The van der Waals surface area contributed by atoms with Gasteiger partial charge >= 0.3 is 0 Å². The molecule has 2 nitrogen and oxygen atoms in total. The monoisotopic (exact) mass is 177 g/mol. The van der Waals surface area contributed by atoms with Crippen LogP contribution >= 0.6 is 0 Å². The van der Waals surface area contributed by atoms with Crippen molar-refractivity contribution in [3.8, 4) is 0 Å². The molecular formula is C11H15NO. The number of nitrogens with zero attached hydrogens (tertiary/aromatic N) is 1. The molecule has 0 saturated heterocycles. The molecule has 1 aromatic carbocycles. The van der Waals surface area contributed by atoms with Crippen LogP contribution in [0, 0.1) is 6.92 Å². The molecule has 0 spiro atoms. The van der Waals surface area contributed by atoms with Gasteiger partial charge in [0, 0.05) is 0 Å². The fraction of sp³-hybridized carbons (Fsp3) is 0.455. The first kappa shape index (κ1) is 8.57. The maximum atomic E-state index is 5.33. The van der Waals surface area contributed by atoms with E-state index < -0.39 is 0 Å². The molecule has 1 aliphatic rings. The van der Waals surface area contributed by atoms with E-state index >= 15 is 0 Å². The molecule has 0 aliphatic heterocycles. The Bertz CT molecular complexity index is 277. The Kier molecular flexibility index (Phi) is 2.23. The molecule has 2 heteroatoms. The summed E-state index contributed by atoms with van der Waals surface area (Å²) in [6.07, 6.45) is 2.50. The van der Waals surface area contributed by atoms with Crippen LogP contribution in [0.2, 0.25) is 0 Å². The zero-order valence-electron chi connectivity index (χ0n) is 8.16. The van der Waals surface area contributed by atoms with Crippen LogP contribution < -0.4 is 5.06 Å². The zero-order chi connectivity index (χ0) is 9.26. The van der Waals surface area contributed by atoms with E-state index in [-0.39, 0.29) is 0 Å². The van der Waals surface area contributed by atoms with E-state index in [1.807, 2.05) is 5.06 Å². The molecule has 0 bridgehead atoms. The van der Waals surface area contributed by atoms with Crippen molar-refractivity contribution >= 4 is 5.69 Å². The predicted octanol–water partition coefficient (Wildman–Crippen LogP) is 2.53. The van der Waals surface area contributed by atoms with Crippen LogP contribution in [0.1, 0.15) is 18.4 Å². The highest BCUT2D eigenvalue weighted by Crippen LogP contribution is 2.31. The Morgan fingerprint density at radius 3 is 2.31 bits per heavy atom. The normalized spacial score (nSPS) is 15.8. The summed E-state index contributed by atoms with van der Waals surface area (Å²) >= 11 is 0. The van der Waals surface area contributed by atoms with Crippen molar-refractivity contribution in [3.63, 3.8) is 0 Å². The van der Waals surface area contributed by atoms with Crippen LogP contribution in [0.3, 0.4) is 0 Å². The Hall–Kier alpha value is -1.02. The molecule has 1 saturated carbocycles. The number of anilines is 1. The summed E-state index contributed by atoms with van der Waals surface area (Å²) in [7, 11) is 1.73. The molecule has 1 fully saturated rings. The Balaban J connectivity index is 2.17. The maximum absolute atomic E-state index is 5.33. The average molecular weight is 177 g/mol. The molecule has 0 aromatic heterocycles. The summed E-state index contributed by atoms with van der Waals surface area (Å²) in [6, 6.07) is 9.05. The quantitative estimate of drug-likeness (QED) is 0.658. The second-order valence-corrected chi connectivity index (χ2v) is 3.58. The fourth-order valence-electron chi connectivity index (χ4n) is 1.47. The van der Waals surface area contributed by atoms with Gasteiger partial charge in [0.2, 0.25) is 0 Å². The van der Waals surface area contributed by atoms with Gasteiger partial charge in [0.25, 0.3) is 0 Å². The first-order chi connectivity index (χ1) is 6.31. The van der Waals surface area contributed by atoms with Crippen LogP contribution in [0.25, 0.3) is 0 Å². The lowest BCUT2D eigenvalue weighted by molar-refractivity contribution is 0.162. The molecule has 1 aliphatic carbocycles. The first-order valence-electron chi connectivity index (χ1n) is 4.71. The number of rotatable bonds is 3. The minimum Gasteiger partial charge on any atom is -0.277 e. The van der Waals surface area contributed by atoms with Gasteiger partial charge in [0.05, 0.1) is 18.8 Å². The summed E-state index contributed by atoms with van der Waals surface area (Å²) in [4.78, 5) is 5.33. The molecule has 0 atom stereocenters. The summed E-state index contributed by atoms with van der Waals surface area (Å²) < 4.78 is 0. The van der Waals surface area contributed by atoms with Crippen LogP contribution in [0.5, 0.6) is 0 Å². The Labute approximate surface area is 79.1 Å². The molecule has 0 unspecified atom stereocenters. The van der Waals surface area contributed by atoms with E-state index in [9.17, 15) is 0 Å². The van der Waals surface area contributed by atoms with E-state index in [0.717, 1.165) is 5.69 Å². The van der Waals surface area contributed by atoms with E-state index in [1.165, 1.54) is 18.4 Å². The maximum Gasteiger partial charge on any atom is 0.0639 e. The third-order valence-electron chi connectivity index (χ3n) is 2.36. The SMILES string of the molecule is CON(c1ccc(C)cc1)C1CC1. The van der Waals surface area contributed by atoms with E-state index in [0.29, 0.717) is 6.04 Å². The molecule has 13 heavy (non-hydrogen) atoms. The third-order valence-corrected chi connectivity index (χ3v) is 2.36. The summed E-state index contributed by atoms with van der Waals surface area (Å²) in [5.41, 5.74) is 2.45. The van der Waals surface area contributed by atoms with Crippen LogP contribution in [0.4, 0.5) is 5.69 Å². The molecule has 70 valence electrons. The van der Waals surface area contributed by atoms with Crippen LogP contribution in [0.15, 0.2) is 24.3 Å². The standard InChI is InChI=1S/C11H15NO/c1-9-3-5-10(6-4-9)12(13-2)11-7-8-11/h3-6,11H,7-8H2,1-2H3. The summed E-state index contributed by atoms with van der Waals surface area (Å²) in [5, 5.41) is 2.00. The van der Waals surface area contributed by atoms with Gasteiger partial charge in [-0.25, -0.2) is 0 Å². The lowest BCUT2D eigenvalue weighted by atomic mass is 10.2. The fourth-order valence-corrected chi connectivity index (χ4v) is 1.47. The van der Waals surface area contributed by atoms with Crippen LogP contribution in [-0.4, -0.2) is 13.2 Å². The van der Waals surface area contributed by atoms with Gasteiger partial charge in [-0.2, -0.15) is 0 Å². The number of hydrogen-bond donors (Lipinski definition) is 0. The average Bonchev–Trinajstić information content (AvgIpc) is 2.93. The minimum absolute atomic E-state index is 0.604. The van der Waals surface area contributed by atoms with E-state index in [4.69, 9.17) is 4.84 Å². The van der Waals surface area contributed by atoms with Crippen molar-refractivity contribution in [1.82, 2.24) is 0 Å². The molecule has 0 radical (unpaired) electrons. The third kappa shape index (κ3) is 1.83. The van der Waals surface area contributed by atoms with Gasteiger partial charge in [-0.15, -0.1) is 0 Å². The number of hydroxylamine groups is 1. The Morgan fingerprint density at radius 2 is 1.85 bits per heavy atom. The highest BCUT2D eigenvalue weighted by Gasteiger charge is 2.29. The lowest BCUT2D eigenvalue weighted by Crippen LogP contribution is -2.23. The zero-order valence-corrected chi connectivity index (χ0v) is 8.16. The van der Waals surface area contributed by atoms with Crippen molar-refractivity contribution in [2.24, 2.45) is 0 Å². The van der Waals surface area contributed by atoms with Crippen molar-refractivity contribution in [3.05, 3.63) is 29.8 Å². The van der Waals surface area contributed by atoms with Crippen molar-refractivity contribution < 1.29 is 4.84 Å². The summed E-state index contributed by atoms with van der Waals surface area (Å²) in [5.74, 6) is 0. The van der Waals surface area contributed by atoms with Gasteiger partial charge < -0.3 is 0 Å². The van der Waals surface area contributed by atoms with Crippen molar-refractivity contribution in [2.45, 2.75) is 25.8 Å². The highest BCUT2D eigenvalue weighted by molar-refractivity contribution is 5.46. The topological polar surface area (TPSA) is 12.5 Å². The minimum atomic E-state index is 0.604. The number of aryl methyl sites for hydroxylation is 1. The van der Waals surface area contributed by atoms with E-state index in [2.05, 4.69) is 31.2 Å². The predicted molar refractivity (Wildman–Crippen MR) is 53.7 cm³/mol. The van der Waals surface area contributed by atoms with Gasteiger partial charge in [-0.05, 0) is 31.9 Å². The largest absolute Gasteiger partial charge is 0.277 e. The number of hydrogen-bond acceptors (Lipinski definition) is 2. The van der Waals surface area contributed by atoms with Gasteiger partial charge in [0.15, 0.2) is 0 Å². The smallest absolute Gasteiger partial charge is 0.0639 e. The van der Waals surface area contributed by atoms with Gasteiger partial charge in [-0.1, -0.05) is 17.7 Å². The molecule has 0 N–H and O–H groups in total. The highest BCUT2D eigenvalue weighted by atomic mass is 16.7. The summed E-state index contributed by atoms with van der Waals surface area (Å²) in [6.45, 7) is 2.10. The molecule has 1 aromatic rings. The van der Waals surface area contributed by atoms with Crippen LogP contribution in [-0.2, 0) is 4.84 Å². The lowest BCUT2D eigenvalue weighted by Gasteiger charge is -2.21. The molecule has 0 heterocycles.